The Kier molecular flexibility index (Phi) is 10.8. The smallest absolute Gasteiger partial charge is 0.338 e. The van der Waals surface area contributed by atoms with Gasteiger partial charge in [0.2, 0.25) is 5.75 Å². The van der Waals surface area contributed by atoms with E-state index in [1.165, 1.54) is 19.2 Å². The molecule has 1 saturated heterocycles. The molecule has 0 bridgehead atoms. The Morgan fingerprint density at radius 2 is 1.30 bits per heavy atom. The first-order valence-electron chi connectivity index (χ1n) is 14.4. The van der Waals surface area contributed by atoms with Crippen LogP contribution >= 0.6 is 0 Å². The van der Waals surface area contributed by atoms with E-state index in [0.29, 0.717) is 19.6 Å². The fraction of sp³-hybridized carbons (Fsp3) is 0.286. The van der Waals surface area contributed by atoms with Gasteiger partial charge in [0.25, 0.3) is 0 Å². The van der Waals surface area contributed by atoms with E-state index in [1.54, 1.807) is 0 Å². The Balaban J connectivity index is 1.22. The summed E-state index contributed by atoms with van der Waals surface area (Å²) < 4.78 is 35.5. The maximum Gasteiger partial charge on any atom is 0.338 e. The van der Waals surface area contributed by atoms with Crippen molar-refractivity contribution in [2.45, 2.75) is 50.8 Å². The SMILES string of the molecule is CO[C@H]1O[C@@H](COC(=O)c2cc(O)c(OCc3ccccc3)c(O)c2)C[C@H](OCc2ccccc2)[C@H]1OCc1ccccc1. The van der Waals surface area contributed by atoms with Gasteiger partial charge in [-0.2, -0.15) is 0 Å². The predicted octanol–water partition coefficient (Wildman–Crippen LogP) is 5.77. The molecule has 230 valence electrons. The van der Waals surface area contributed by atoms with Gasteiger partial charge in [0, 0.05) is 13.5 Å². The molecule has 4 aromatic rings. The largest absolute Gasteiger partial charge is 0.504 e. The van der Waals surface area contributed by atoms with Gasteiger partial charge in [0.15, 0.2) is 17.8 Å². The molecule has 5 rings (SSSR count). The lowest BCUT2D eigenvalue weighted by atomic mass is 10.0. The van der Waals surface area contributed by atoms with Crippen LogP contribution in [0, 0.1) is 0 Å². The second kappa shape index (κ2) is 15.4. The molecule has 0 aromatic heterocycles. The monoisotopic (exact) mass is 600 g/mol. The van der Waals surface area contributed by atoms with Crippen molar-refractivity contribution in [2.24, 2.45) is 0 Å². The second-order valence-corrected chi connectivity index (χ2v) is 10.4. The molecule has 1 fully saturated rings. The van der Waals surface area contributed by atoms with Gasteiger partial charge >= 0.3 is 5.97 Å². The summed E-state index contributed by atoms with van der Waals surface area (Å²) >= 11 is 0. The van der Waals surface area contributed by atoms with E-state index in [-0.39, 0.29) is 36.0 Å². The number of benzene rings is 4. The van der Waals surface area contributed by atoms with Crippen LogP contribution in [0.1, 0.15) is 33.5 Å². The zero-order valence-electron chi connectivity index (χ0n) is 24.4. The van der Waals surface area contributed by atoms with Crippen molar-refractivity contribution < 1.29 is 43.4 Å². The molecule has 9 nitrogen and oxygen atoms in total. The summed E-state index contributed by atoms with van der Waals surface area (Å²) in [6, 6.07) is 31.3. The van der Waals surface area contributed by atoms with Gasteiger partial charge in [0.05, 0.1) is 31.0 Å². The first-order chi connectivity index (χ1) is 21.5. The zero-order valence-corrected chi connectivity index (χ0v) is 24.4. The van der Waals surface area contributed by atoms with Crippen LogP contribution < -0.4 is 4.74 Å². The summed E-state index contributed by atoms with van der Waals surface area (Å²) in [5, 5.41) is 20.9. The minimum Gasteiger partial charge on any atom is -0.504 e. The lowest BCUT2D eigenvalue weighted by molar-refractivity contribution is -0.283. The third kappa shape index (κ3) is 8.36. The minimum absolute atomic E-state index is 0.0351. The lowest BCUT2D eigenvalue weighted by Crippen LogP contribution is -2.52. The van der Waals surface area contributed by atoms with Crippen LogP contribution in [-0.2, 0) is 43.5 Å². The highest BCUT2D eigenvalue weighted by Gasteiger charge is 2.41. The number of phenols is 2. The number of hydrogen-bond acceptors (Lipinski definition) is 9. The highest BCUT2D eigenvalue weighted by molar-refractivity contribution is 5.91. The van der Waals surface area contributed by atoms with E-state index in [2.05, 4.69) is 0 Å². The topological polar surface area (TPSA) is 113 Å². The molecular formula is C35H36O9. The molecule has 0 aliphatic carbocycles. The van der Waals surface area contributed by atoms with Gasteiger partial charge in [0.1, 0.15) is 19.3 Å². The molecule has 0 spiro atoms. The second-order valence-electron chi connectivity index (χ2n) is 10.4. The number of rotatable bonds is 13. The van der Waals surface area contributed by atoms with Gasteiger partial charge in [-0.1, -0.05) is 91.0 Å². The maximum absolute atomic E-state index is 12.9. The number of methoxy groups -OCH3 is 1. The molecule has 44 heavy (non-hydrogen) atoms. The third-order valence-corrected chi connectivity index (χ3v) is 7.19. The molecule has 9 heteroatoms. The summed E-state index contributed by atoms with van der Waals surface area (Å²) in [5.41, 5.74) is 2.83. The van der Waals surface area contributed by atoms with Gasteiger partial charge in [-0.3, -0.25) is 0 Å². The first-order valence-corrected chi connectivity index (χ1v) is 14.4. The Bertz CT molecular complexity index is 1440. The number of aromatic hydroxyl groups is 2. The standard InChI is InChI=1S/C35H36O9/c1-39-35-33(42-22-26-15-9-4-10-16-26)31(40-20-24-11-5-2-6-12-24)19-28(44-35)23-43-34(38)27-17-29(36)32(30(37)18-27)41-21-25-13-7-3-8-14-25/h2-18,28,31,33,35-37H,19-23H2,1H3/t28-,31+,33-,35+/m1/s1. The van der Waals surface area contributed by atoms with Gasteiger partial charge in [-0.15, -0.1) is 0 Å². The Morgan fingerprint density at radius 1 is 0.773 bits per heavy atom. The van der Waals surface area contributed by atoms with E-state index < -0.39 is 30.6 Å². The van der Waals surface area contributed by atoms with Crippen molar-refractivity contribution in [1.82, 2.24) is 0 Å². The fourth-order valence-electron chi connectivity index (χ4n) is 4.93. The summed E-state index contributed by atoms with van der Waals surface area (Å²) in [4.78, 5) is 12.9. The number of phenolic OH excluding ortho intramolecular Hbond substituents is 2. The van der Waals surface area contributed by atoms with Crippen LogP contribution in [0.5, 0.6) is 17.2 Å². The summed E-state index contributed by atoms with van der Waals surface area (Å²) in [6.07, 6.45) is -1.91. The Hall–Kier alpha value is -4.41. The first kappa shape index (κ1) is 31.0. The lowest BCUT2D eigenvalue weighted by Gasteiger charge is -2.40. The molecule has 0 unspecified atom stereocenters. The van der Waals surface area contributed by atoms with Crippen molar-refractivity contribution in [2.75, 3.05) is 13.7 Å². The van der Waals surface area contributed by atoms with E-state index in [1.807, 2.05) is 91.0 Å². The highest BCUT2D eigenvalue weighted by atomic mass is 16.7. The van der Waals surface area contributed by atoms with Crippen LogP contribution in [-0.4, -0.2) is 54.5 Å². The number of hydrogen-bond donors (Lipinski definition) is 2. The summed E-state index contributed by atoms with van der Waals surface area (Å²) in [5.74, 6) is -1.63. The number of carbonyl (C=O) groups excluding carboxylic acids is 1. The normalized spacial score (nSPS) is 19.8. The van der Waals surface area contributed by atoms with Gasteiger partial charge < -0.3 is 38.6 Å². The zero-order chi connectivity index (χ0) is 30.7. The molecule has 1 aliphatic heterocycles. The molecular weight excluding hydrogens is 564 g/mol. The molecule has 0 saturated carbocycles. The number of ether oxygens (including phenoxy) is 6. The van der Waals surface area contributed by atoms with Crippen LogP contribution in [0.3, 0.4) is 0 Å². The molecule has 0 radical (unpaired) electrons. The van der Waals surface area contributed by atoms with Crippen LogP contribution in [0.15, 0.2) is 103 Å². The Morgan fingerprint density at radius 3 is 1.84 bits per heavy atom. The Labute approximate surface area is 256 Å². The molecule has 0 amide bonds. The molecule has 4 atom stereocenters. The highest BCUT2D eigenvalue weighted by Crippen LogP contribution is 2.38. The van der Waals surface area contributed by atoms with Crippen molar-refractivity contribution >= 4 is 5.97 Å². The predicted molar refractivity (Wildman–Crippen MR) is 161 cm³/mol. The molecule has 1 heterocycles. The van der Waals surface area contributed by atoms with E-state index >= 15 is 0 Å². The minimum atomic E-state index is -0.772. The van der Waals surface area contributed by atoms with Crippen LogP contribution in [0.4, 0.5) is 0 Å². The van der Waals surface area contributed by atoms with Crippen molar-refractivity contribution in [3.8, 4) is 17.2 Å². The third-order valence-electron chi connectivity index (χ3n) is 7.19. The van der Waals surface area contributed by atoms with E-state index in [4.69, 9.17) is 28.4 Å². The van der Waals surface area contributed by atoms with Crippen molar-refractivity contribution in [1.29, 1.82) is 0 Å². The van der Waals surface area contributed by atoms with Crippen LogP contribution in [0.25, 0.3) is 0 Å². The van der Waals surface area contributed by atoms with Gasteiger partial charge in [-0.25, -0.2) is 4.79 Å². The average molecular weight is 601 g/mol. The summed E-state index contributed by atoms with van der Waals surface area (Å²) in [7, 11) is 1.53. The molecule has 1 aliphatic rings. The van der Waals surface area contributed by atoms with Crippen molar-refractivity contribution in [3.63, 3.8) is 0 Å². The number of esters is 1. The average Bonchev–Trinajstić information content (AvgIpc) is 3.06. The summed E-state index contributed by atoms with van der Waals surface area (Å²) in [6.45, 7) is 0.729. The maximum atomic E-state index is 12.9. The fourth-order valence-corrected chi connectivity index (χ4v) is 4.93. The van der Waals surface area contributed by atoms with Gasteiger partial charge in [-0.05, 0) is 28.8 Å². The van der Waals surface area contributed by atoms with Crippen molar-refractivity contribution in [3.05, 3.63) is 125 Å². The molecule has 2 N–H and O–H groups in total. The van der Waals surface area contributed by atoms with E-state index in [0.717, 1.165) is 16.7 Å². The quantitative estimate of drug-likeness (QED) is 0.185. The number of carbonyl (C=O) groups is 1. The van der Waals surface area contributed by atoms with Crippen LogP contribution in [0.2, 0.25) is 0 Å². The van der Waals surface area contributed by atoms with E-state index in [9.17, 15) is 15.0 Å². The molecule has 4 aromatic carbocycles.